The average molecular weight is 1420 g/mol. The molecule has 0 radical (unpaired) electrons. The molecule has 3 N–H and O–H groups in total. The molecule has 0 aliphatic heterocycles. The van der Waals surface area contributed by atoms with Gasteiger partial charge in [0.05, 0.1) is 13.2 Å². The molecule has 0 heterocycles. The highest BCUT2D eigenvalue weighted by Crippen LogP contribution is 2.43. The first-order valence-corrected chi connectivity index (χ1v) is 47.0. The maximum atomic E-state index is 12.8. The van der Waals surface area contributed by atoms with Crippen molar-refractivity contribution in [2.24, 2.45) is 5.73 Å². The fourth-order valence-corrected chi connectivity index (χ4v) is 15.5. The van der Waals surface area contributed by atoms with Crippen LogP contribution in [-0.4, -0.2) is 49.3 Å². The van der Waals surface area contributed by atoms with Crippen molar-refractivity contribution < 1.29 is 37.6 Å². The average Bonchev–Trinajstić information content (AvgIpc) is 1.19. The molecular weight excluding hydrogens is 1240 g/mol. The Morgan fingerprint density at radius 1 is 0.263 bits per heavy atom. The third-order valence-corrected chi connectivity index (χ3v) is 22.5. The Kier molecular flexibility index (Phi) is 85.1. The summed E-state index contributed by atoms with van der Waals surface area (Å²) in [6, 6.07) is 0. The Morgan fingerprint density at radius 2 is 0.434 bits per heavy atom. The molecule has 0 amide bonds. The third kappa shape index (κ3) is 85.8. The first-order valence-electron chi connectivity index (χ1n) is 45.5. The molecule has 592 valence electrons. The molecule has 10 heteroatoms. The van der Waals surface area contributed by atoms with E-state index in [0.717, 1.165) is 32.1 Å². The molecule has 0 aliphatic rings. The van der Waals surface area contributed by atoms with Crippen LogP contribution in [-0.2, 0) is 32.7 Å². The quantitative estimate of drug-likeness (QED) is 0.0347. The fourth-order valence-electron chi connectivity index (χ4n) is 14.8. The van der Waals surface area contributed by atoms with Crippen LogP contribution < -0.4 is 5.73 Å². The van der Waals surface area contributed by atoms with Crippen LogP contribution in [0.25, 0.3) is 0 Å². The van der Waals surface area contributed by atoms with E-state index in [-0.39, 0.29) is 32.1 Å². The lowest BCUT2D eigenvalue weighted by Gasteiger charge is -2.19. The number of carbonyl (C=O) groups excluding carboxylic acids is 2. The van der Waals surface area contributed by atoms with Crippen molar-refractivity contribution in [2.75, 3.05) is 26.4 Å². The monoisotopic (exact) mass is 1420 g/mol. The van der Waals surface area contributed by atoms with E-state index in [2.05, 4.69) is 13.8 Å². The van der Waals surface area contributed by atoms with E-state index >= 15 is 0 Å². The molecule has 99 heavy (non-hydrogen) atoms. The summed E-state index contributed by atoms with van der Waals surface area (Å²) in [7, 11) is -4.39. The molecule has 0 fully saturated rings. The molecule has 9 nitrogen and oxygen atoms in total. The lowest BCUT2D eigenvalue weighted by Crippen LogP contribution is -2.29. The molecular formula is C89H178NO8P. The smallest absolute Gasteiger partial charge is 0.462 e. The first-order chi connectivity index (χ1) is 48.8. The van der Waals surface area contributed by atoms with E-state index in [4.69, 9.17) is 24.3 Å². The number of phosphoric ester groups is 1. The summed E-state index contributed by atoms with van der Waals surface area (Å²) in [6.07, 6.45) is 107. The summed E-state index contributed by atoms with van der Waals surface area (Å²) in [4.78, 5) is 35.5. The highest BCUT2D eigenvalue weighted by Gasteiger charge is 2.26. The fraction of sp³-hybridized carbons (Fsp3) is 0.978. The SMILES string of the molecule is CCCCCCCCCCCCCCCCCCCCCCCCCCCCCCCCCCCCCCCCCCC(=O)OC(COC(=O)CCCCCCCCCCCCCCCCCCCCCCCCCCCCCCCCCCCCCCCC)COP(=O)(O)OCCN. The van der Waals surface area contributed by atoms with Gasteiger partial charge in [-0.15, -0.1) is 0 Å². The summed E-state index contributed by atoms with van der Waals surface area (Å²) < 4.78 is 33.4. The van der Waals surface area contributed by atoms with Crippen LogP contribution in [0.4, 0.5) is 0 Å². The van der Waals surface area contributed by atoms with Crippen LogP contribution in [0, 0.1) is 0 Å². The van der Waals surface area contributed by atoms with Gasteiger partial charge in [0.15, 0.2) is 6.10 Å². The highest BCUT2D eigenvalue weighted by molar-refractivity contribution is 7.47. The van der Waals surface area contributed by atoms with E-state index in [9.17, 15) is 19.0 Å². The number of esters is 2. The first kappa shape index (κ1) is 98.0. The molecule has 2 atom stereocenters. The lowest BCUT2D eigenvalue weighted by atomic mass is 10.0. The number of hydrogen-bond acceptors (Lipinski definition) is 8. The van der Waals surface area contributed by atoms with Crippen molar-refractivity contribution in [1.29, 1.82) is 0 Å². The van der Waals surface area contributed by atoms with Gasteiger partial charge in [0.2, 0.25) is 0 Å². The zero-order valence-corrected chi connectivity index (χ0v) is 68.2. The van der Waals surface area contributed by atoms with Crippen molar-refractivity contribution in [2.45, 2.75) is 534 Å². The van der Waals surface area contributed by atoms with Crippen LogP contribution in [0.2, 0.25) is 0 Å². The van der Waals surface area contributed by atoms with Crippen LogP contribution >= 0.6 is 7.82 Å². The number of phosphoric acid groups is 1. The van der Waals surface area contributed by atoms with E-state index in [0.29, 0.717) is 12.8 Å². The molecule has 0 saturated carbocycles. The second-order valence-corrected chi connectivity index (χ2v) is 33.0. The number of carbonyl (C=O) groups is 2. The second kappa shape index (κ2) is 85.9. The van der Waals surface area contributed by atoms with Crippen LogP contribution in [0.15, 0.2) is 0 Å². The largest absolute Gasteiger partial charge is 0.472 e. The highest BCUT2D eigenvalue weighted by atomic mass is 31.2. The second-order valence-electron chi connectivity index (χ2n) is 31.6. The zero-order chi connectivity index (χ0) is 71.5. The summed E-state index contributed by atoms with van der Waals surface area (Å²) >= 11 is 0. The van der Waals surface area contributed by atoms with E-state index in [1.54, 1.807) is 0 Å². The molecule has 0 aliphatic carbocycles. The van der Waals surface area contributed by atoms with Gasteiger partial charge in [0.1, 0.15) is 6.61 Å². The predicted octanol–water partition coefficient (Wildman–Crippen LogP) is 30.8. The van der Waals surface area contributed by atoms with E-state index in [1.807, 2.05) is 0 Å². The number of nitrogens with two attached hydrogens (primary N) is 1. The van der Waals surface area contributed by atoms with Gasteiger partial charge < -0.3 is 20.1 Å². The molecule has 0 aromatic rings. The van der Waals surface area contributed by atoms with E-state index < -0.39 is 26.5 Å². The molecule has 0 rings (SSSR count). The Balaban J connectivity index is 3.66. The minimum Gasteiger partial charge on any atom is -0.462 e. The van der Waals surface area contributed by atoms with Gasteiger partial charge >= 0.3 is 19.8 Å². The standard InChI is InChI=1S/C89H178NO8P/c1-3-5-7-9-11-13-15-17-19-21-23-25-27-29-31-33-35-37-39-41-43-44-46-48-50-52-54-56-58-60-62-64-66-68-70-72-74-76-78-80-82-89(92)98-87(86-97-99(93,94)96-84-83-90)85-95-88(91)81-79-77-75-73-71-69-67-65-63-61-59-57-55-53-51-49-47-45-42-40-38-36-34-32-30-28-26-24-22-20-18-16-14-12-10-8-6-4-2/h87H,3-86,90H2,1-2H3,(H,93,94). The topological polar surface area (TPSA) is 134 Å². The number of rotatable bonds is 89. The molecule has 0 aromatic heterocycles. The summed E-state index contributed by atoms with van der Waals surface area (Å²) in [5, 5.41) is 0. The summed E-state index contributed by atoms with van der Waals surface area (Å²) in [6.45, 7) is 3.87. The van der Waals surface area contributed by atoms with Crippen molar-refractivity contribution >= 4 is 19.8 Å². The van der Waals surface area contributed by atoms with Crippen molar-refractivity contribution in [1.82, 2.24) is 0 Å². The van der Waals surface area contributed by atoms with Gasteiger partial charge in [-0.05, 0) is 12.8 Å². The minimum absolute atomic E-state index is 0.0591. The minimum atomic E-state index is -4.39. The van der Waals surface area contributed by atoms with E-state index in [1.165, 1.54) is 462 Å². The zero-order valence-electron chi connectivity index (χ0n) is 67.3. The molecule has 0 bridgehead atoms. The Hall–Kier alpha value is -0.990. The lowest BCUT2D eigenvalue weighted by molar-refractivity contribution is -0.161. The number of ether oxygens (including phenoxy) is 2. The number of hydrogen-bond donors (Lipinski definition) is 2. The van der Waals surface area contributed by atoms with Crippen LogP contribution in [0.1, 0.15) is 528 Å². The maximum absolute atomic E-state index is 12.8. The van der Waals surface area contributed by atoms with Gasteiger partial charge in [0, 0.05) is 19.4 Å². The number of unbranched alkanes of at least 4 members (excludes halogenated alkanes) is 76. The molecule has 0 aromatic carbocycles. The van der Waals surface area contributed by atoms with Gasteiger partial charge in [-0.1, -0.05) is 502 Å². The third-order valence-electron chi connectivity index (χ3n) is 21.5. The Labute approximate surface area is 619 Å². The van der Waals surface area contributed by atoms with Gasteiger partial charge in [-0.25, -0.2) is 4.57 Å². The van der Waals surface area contributed by atoms with Crippen molar-refractivity contribution in [3.05, 3.63) is 0 Å². The van der Waals surface area contributed by atoms with Crippen molar-refractivity contribution in [3.8, 4) is 0 Å². The van der Waals surface area contributed by atoms with Crippen LogP contribution in [0.3, 0.4) is 0 Å². The maximum Gasteiger partial charge on any atom is 0.472 e. The Bertz CT molecular complexity index is 1580. The van der Waals surface area contributed by atoms with Crippen molar-refractivity contribution in [3.63, 3.8) is 0 Å². The van der Waals surface area contributed by atoms with Gasteiger partial charge in [-0.3, -0.25) is 18.6 Å². The summed E-state index contributed by atoms with van der Waals surface area (Å²) in [5.74, 6) is -0.792. The summed E-state index contributed by atoms with van der Waals surface area (Å²) in [5.41, 5.74) is 5.43. The normalized spacial score (nSPS) is 12.6. The molecule has 0 saturated heterocycles. The Morgan fingerprint density at radius 3 is 0.616 bits per heavy atom. The molecule has 0 spiro atoms. The van der Waals surface area contributed by atoms with Gasteiger partial charge in [0.25, 0.3) is 0 Å². The molecule has 2 unspecified atom stereocenters. The predicted molar refractivity (Wildman–Crippen MR) is 432 cm³/mol. The van der Waals surface area contributed by atoms with Gasteiger partial charge in [-0.2, -0.15) is 0 Å². The van der Waals surface area contributed by atoms with Crippen LogP contribution in [0.5, 0.6) is 0 Å².